The molecule has 96 valence electrons. The monoisotopic (exact) mass is 280 g/mol. The summed E-state index contributed by atoms with van der Waals surface area (Å²) in [5.74, 6) is 0. The van der Waals surface area contributed by atoms with E-state index in [9.17, 15) is 0 Å². The molecule has 1 heterocycles. The van der Waals surface area contributed by atoms with Crippen LogP contribution in [-0.2, 0) is 6.54 Å². The first-order chi connectivity index (χ1) is 8.70. The van der Waals surface area contributed by atoms with E-state index in [1.807, 2.05) is 18.2 Å². The van der Waals surface area contributed by atoms with Gasteiger partial charge in [-0.25, -0.2) is 0 Å². The van der Waals surface area contributed by atoms with Crippen molar-refractivity contribution < 1.29 is 0 Å². The molecule has 1 aromatic carbocycles. The Bertz CT molecular complexity index is 484. The van der Waals surface area contributed by atoms with Crippen LogP contribution in [0.2, 0.25) is 5.02 Å². The number of thiophene rings is 1. The van der Waals surface area contributed by atoms with Crippen molar-refractivity contribution in [3.63, 3.8) is 0 Å². The first-order valence-electron chi connectivity index (χ1n) is 5.87. The number of halogens is 1. The topological polar surface area (TPSA) is 29.3 Å². The standard InChI is InChI=1S/C14H17ClN2S/c1-17(9-11-3-2-4-13(15)7-11)14(8-16)12-5-6-18-10-12/h2-7,10,14H,8-9,16H2,1H3. The van der Waals surface area contributed by atoms with Crippen molar-refractivity contribution in [1.29, 1.82) is 0 Å². The van der Waals surface area contributed by atoms with Crippen molar-refractivity contribution in [2.45, 2.75) is 12.6 Å². The van der Waals surface area contributed by atoms with E-state index in [-0.39, 0.29) is 6.04 Å². The van der Waals surface area contributed by atoms with E-state index in [4.69, 9.17) is 17.3 Å². The summed E-state index contributed by atoms with van der Waals surface area (Å²) in [7, 11) is 2.09. The van der Waals surface area contributed by atoms with Crippen LogP contribution in [-0.4, -0.2) is 18.5 Å². The fourth-order valence-electron chi connectivity index (χ4n) is 2.07. The maximum atomic E-state index is 6.00. The van der Waals surface area contributed by atoms with Crippen LogP contribution in [0.25, 0.3) is 0 Å². The summed E-state index contributed by atoms with van der Waals surface area (Å²) >= 11 is 7.71. The molecule has 4 heteroatoms. The first-order valence-corrected chi connectivity index (χ1v) is 7.19. The summed E-state index contributed by atoms with van der Waals surface area (Å²) in [6.45, 7) is 1.46. The van der Waals surface area contributed by atoms with Gasteiger partial charge >= 0.3 is 0 Å². The molecule has 2 nitrogen and oxygen atoms in total. The molecule has 0 bridgehead atoms. The molecule has 0 aliphatic rings. The van der Waals surface area contributed by atoms with Crippen LogP contribution in [0.15, 0.2) is 41.1 Å². The van der Waals surface area contributed by atoms with E-state index in [1.165, 1.54) is 11.1 Å². The molecule has 1 aromatic heterocycles. The zero-order valence-electron chi connectivity index (χ0n) is 10.3. The van der Waals surface area contributed by atoms with Gasteiger partial charge in [0.15, 0.2) is 0 Å². The third-order valence-electron chi connectivity index (χ3n) is 3.00. The van der Waals surface area contributed by atoms with Gasteiger partial charge in [-0.2, -0.15) is 11.3 Å². The Kier molecular flexibility index (Phi) is 4.78. The normalized spacial score (nSPS) is 12.9. The van der Waals surface area contributed by atoms with Crippen molar-refractivity contribution in [2.75, 3.05) is 13.6 Å². The molecular formula is C14H17ClN2S. The molecule has 0 aliphatic heterocycles. The highest BCUT2D eigenvalue weighted by molar-refractivity contribution is 7.07. The molecule has 0 radical (unpaired) electrons. The molecule has 2 aromatic rings. The number of hydrogen-bond donors (Lipinski definition) is 1. The van der Waals surface area contributed by atoms with Gasteiger partial charge in [0.05, 0.1) is 0 Å². The summed E-state index contributed by atoms with van der Waals surface area (Å²) in [5.41, 5.74) is 8.38. The third kappa shape index (κ3) is 3.33. The lowest BCUT2D eigenvalue weighted by atomic mass is 10.1. The van der Waals surface area contributed by atoms with E-state index in [1.54, 1.807) is 11.3 Å². The predicted octanol–water partition coefficient (Wildman–Crippen LogP) is 3.53. The molecule has 0 fully saturated rings. The second-order valence-electron chi connectivity index (χ2n) is 4.35. The molecule has 18 heavy (non-hydrogen) atoms. The van der Waals surface area contributed by atoms with Crippen LogP contribution in [0.3, 0.4) is 0 Å². The van der Waals surface area contributed by atoms with E-state index in [2.05, 4.69) is 34.8 Å². The third-order valence-corrected chi connectivity index (χ3v) is 3.94. The molecule has 0 aliphatic carbocycles. The Morgan fingerprint density at radius 1 is 1.39 bits per heavy atom. The average molecular weight is 281 g/mol. The summed E-state index contributed by atoms with van der Waals surface area (Å²) in [4.78, 5) is 2.26. The van der Waals surface area contributed by atoms with Crippen LogP contribution in [0.1, 0.15) is 17.2 Å². The summed E-state index contributed by atoms with van der Waals surface area (Å²) in [6, 6.07) is 10.4. The van der Waals surface area contributed by atoms with Gasteiger partial charge in [-0.1, -0.05) is 23.7 Å². The van der Waals surface area contributed by atoms with Crippen molar-refractivity contribution in [3.05, 3.63) is 57.2 Å². The fraction of sp³-hybridized carbons (Fsp3) is 0.286. The zero-order valence-corrected chi connectivity index (χ0v) is 11.9. The van der Waals surface area contributed by atoms with Crippen LogP contribution in [0.4, 0.5) is 0 Å². The molecule has 2 rings (SSSR count). The number of benzene rings is 1. The van der Waals surface area contributed by atoms with Crippen LogP contribution in [0, 0.1) is 0 Å². The van der Waals surface area contributed by atoms with Gasteiger partial charge in [-0.05, 0) is 47.1 Å². The fourth-order valence-corrected chi connectivity index (χ4v) is 2.99. The van der Waals surface area contributed by atoms with Gasteiger partial charge in [-0.3, -0.25) is 4.90 Å². The highest BCUT2D eigenvalue weighted by Gasteiger charge is 2.15. The minimum absolute atomic E-state index is 0.259. The molecule has 0 saturated carbocycles. The maximum absolute atomic E-state index is 6.00. The number of nitrogens with two attached hydrogens (primary N) is 1. The van der Waals surface area contributed by atoms with Crippen molar-refractivity contribution in [1.82, 2.24) is 4.90 Å². The van der Waals surface area contributed by atoms with E-state index < -0.39 is 0 Å². The zero-order chi connectivity index (χ0) is 13.0. The molecule has 0 saturated heterocycles. The Hall–Kier alpha value is -0.870. The van der Waals surface area contributed by atoms with Crippen LogP contribution in [0.5, 0.6) is 0 Å². The molecular weight excluding hydrogens is 264 g/mol. The Balaban J connectivity index is 2.08. The molecule has 0 spiro atoms. The maximum Gasteiger partial charge on any atom is 0.0479 e. The SMILES string of the molecule is CN(Cc1cccc(Cl)c1)C(CN)c1ccsc1. The summed E-state index contributed by atoms with van der Waals surface area (Å²) in [6.07, 6.45) is 0. The smallest absolute Gasteiger partial charge is 0.0479 e. The van der Waals surface area contributed by atoms with Crippen molar-refractivity contribution in [2.24, 2.45) is 5.73 Å². The Morgan fingerprint density at radius 2 is 2.22 bits per heavy atom. The number of rotatable bonds is 5. The minimum Gasteiger partial charge on any atom is -0.329 e. The minimum atomic E-state index is 0.259. The summed E-state index contributed by atoms with van der Waals surface area (Å²) in [5, 5.41) is 5.03. The van der Waals surface area contributed by atoms with Crippen LogP contribution >= 0.6 is 22.9 Å². The predicted molar refractivity (Wildman–Crippen MR) is 79.0 cm³/mol. The number of nitrogens with zero attached hydrogens (tertiary/aromatic N) is 1. The molecule has 2 N–H and O–H groups in total. The van der Waals surface area contributed by atoms with E-state index >= 15 is 0 Å². The summed E-state index contributed by atoms with van der Waals surface area (Å²) < 4.78 is 0. The lowest BCUT2D eigenvalue weighted by molar-refractivity contribution is 0.242. The molecule has 1 unspecified atom stereocenters. The van der Waals surface area contributed by atoms with Crippen LogP contribution < -0.4 is 5.73 Å². The quantitative estimate of drug-likeness (QED) is 0.908. The molecule has 1 atom stereocenters. The highest BCUT2D eigenvalue weighted by atomic mass is 35.5. The first kappa shape index (κ1) is 13.6. The van der Waals surface area contributed by atoms with Gasteiger partial charge in [0.1, 0.15) is 0 Å². The number of likely N-dealkylation sites (N-methyl/N-ethyl adjacent to an activating group) is 1. The van der Waals surface area contributed by atoms with Crippen molar-refractivity contribution >= 4 is 22.9 Å². The Labute approximate surface area is 117 Å². The molecule has 0 amide bonds. The average Bonchev–Trinajstić information content (AvgIpc) is 2.83. The lowest BCUT2D eigenvalue weighted by Gasteiger charge is -2.26. The second-order valence-corrected chi connectivity index (χ2v) is 5.57. The number of hydrogen-bond acceptors (Lipinski definition) is 3. The second kappa shape index (κ2) is 6.34. The van der Waals surface area contributed by atoms with E-state index in [0.29, 0.717) is 6.54 Å². The highest BCUT2D eigenvalue weighted by Crippen LogP contribution is 2.23. The van der Waals surface area contributed by atoms with Gasteiger partial charge in [0, 0.05) is 24.2 Å². The largest absolute Gasteiger partial charge is 0.329 e. The Morgan fingerprint density at radius 3 is 2.83 bits per heavy atom. The van der Waals surface area contributed by atoms with Gasteiger partial charge in [0.2, 0.25) is 0 Å². The van der Waals surface area contributed by atoms with Gasteiger partial charge in [-0.15, -0.1) is 0 Å². The van der Waals surface area contributed by atoms with Crippen molar-refractivity contribution in [3.8, 4) is 0 Å². The van der Waals surface area contributed by atoms with Gasteiger partial charge < -0.3 is 5.73 Å². The van der Waals surface area contributed by atoms with Gasteiger partial charge in [0.25, 0.3) is 0 Å². The lowest BCUT2D eigenvalue weighted by Crippen LogP contribution is -2.29. The van der Waals surface area contributed by atoms with E-state index in [0.717, 1.165) is 11.6 Å².